The van der Waals surface area contributed by atoms with Crippen LogP contribution < -0.4 is 0 Å². The van der Waals surface area contributed by atoms with Crippen molar-refractivity contribution in [1.82, 2.24) is 9.80 Å². The van der Waals surface area contributed by atoms with E-state index in [0.717, 1.165) is 31.6 Å². The number of benzene rings is 1. The summed E-state index contributed by atoms with van der Waals surface area (Å²) in [6, 6.07) is 5.33. The average Bonchev–Trinajstić information content (AvgIpc) is 2.87. The molecule has 1 aliphatic heterocycles. The van der Waals surface area contributed by atoms with Gasteiger partial charge in [0.15, 0.2) is 0 Å². The summed E-state index contributed by atoms with van der Waals surface area (Å²) in [5, 5.41) is 1.02. The number of carbonyl (C=O) groups is 1. The Kier molecular flexibility index (Phi) is 5.68. The molecule has 1 aromatic carbocycles. The molecule has 0 aliphatic carbocycles. The molecule has 0 aromatic heterocycles. The predicted molar refractivity (Wildman–Crippen MR) is 88.7 cm³/mol. The van der Waals surface area contributed by atoms with Crippen molar-refractivity contribution in [3.63, 3.8) is 0 Å². The van der Waals surface area contributed by atoms with Gasteiger partial charge in [-0.1, -0.05) is 29.3 Å². The van der Waals surface area contributed by atoms with Crippen LogP contribution in [0.4, 0.5) is 0 Å². The van der Waals surface area contributed by atoms with E-state index < -0.39 is 0 Å². The molecule has 0 N–H and O–H groups in total. The zero-order valence-corrected chi connectivity index (χ0v) is 13.9. The molecule has 1 aliphatic rings. The van der Waals surface area contributed by atoms with Gasteiger partial charge in [-0.05, 0) is 50.2 Å². The third-order valence-electron chi connectivity index (χ3n) is 3.58. The Bertz CT molecular complexity index is 543. The van der Waals surface area contributed by atoms with Crippen molar-refractivity contribution in [2.75, 3.05) is 33.7 Å². The van der Waals surface area contributed by atoms with Crippen molar-refractivity contribution in [3.8, 4) is 0 Å². The first-order valence-corrected chi connectivity index (χ1v) is 7.78. The molecule has 114 valence electrons. The van der Waals surface area contributed by atoms with Gasteiger partial charge in [-0.15, -0.1) is 0 Å². The molecule has 3 nitrogen and oxygen atoms in total. The molecule has 1 amide bonds. The van der Waals surface area contributed by atoms with Crippen molar-refractivity contribution in [1.29, 1.82) is 0 Å². The lowest BCUT2D eigenvalue weighted by molar-refractivity contribution is -0.125. The van der Waals surface area contributed by atoms with Gasteiger partial charge in [0, 0.05) is 25.7 Å². The molecule has 0 saturated carbocycles. The van der Waals surface area contributed by atoms with Gasteiger partial charge in [0.25, 0.3) is 0 Å². The van der Waals surface area contributed by atoms with Crippen LogP contribution in [0.2, 0.25) is 10.0 Å². The molecule has 1 heterocycles. The zero-order chi connectivity index (χ0) is 15.4. The molecule has 1 fully saturated rings. The van der Waals surface area contributed by atoms with Crippen molar-refractivity contribution >= 4 is 35.2 Å². The number of hydrogen-bond donors (Lipinski definition) is 0. The summed E-state index contributed by atoms with van der Waals surface area (Å²) >= 11 is 11.8. The first-order chi connectivity index (χ1) is 9.95. The van der Waals surface area contributed by atoms with E-state index in [1.165, 1.54) is 0 Å². The van der Waals surface area contributed by atoms with Crippen molar-refractivity contribution in [2.45, 2.75) is 6.42 Å². The van der Waals surface area contributed by atoms with Crippen LogP contribution in [-0.2, 0) is 4.79 Å². The standard InChI is InChI=1S/C16H20Cl2N2O/c1-19(2)10-13-7-8-20(11-13)16(21)6-4-12-3-5-14(17)15(18)9-12/h3-6,9,13H,7-8,10-11H2,1-2H3/b6-4+/t13-/m0/s1. The highest BCUT2D eigenvalue weighted by molar-refractivity contribution is 6.42. The fourth-order valence-corrected chi connectivity index (χ4v) is 2.89. The van der Waals surface area contributed by atoms with E-state index >= 15 is 0 Å². The first kappa shape index (κ1) is 16.3. The van der Waals surface area contributed by atoms with Crippen LogP contribution in [0.3, 0.4) is 0 Å². The highest BCUT2D eigenvalue weighted by atomic mass is 35.5. The number of likely N-dealkylation sites (tertiary alicyclic amines) is 1. The Morgan fingerprint density at radius 1 is 1.38 bits per heavy atom. The summed E-state index contributed by atoms with van der Waals surface area (Å²) in [6.07, 6.45) is 4.46. The summed E-state index contributed by atoms with van der Waals surface area (Å²) in [7, 11) is 4.13. The molecule has 21 heavy (non-hydrogen) atoms. The highest BCUT2D eigenvalue weighted by Crippen LogP contribution is 2.23. The van der Waals surface area contributed by atoms with E-state index in [2.05, 4.69) is 19.0 Å². The van der Waals surface area contributed by atoms with Crippen LogP contribution in [0.1, 0.15) is 12.0 Å². The lowest BCUT2D eigenvalue weighted by atomic mass is 10.1. The molecule has 0 radical (unpaired) electrons. The molecule has 1 saturated heterocycles. The summed E-state index contributed by atoms with van der Waals surface area (Å²) in [5.41, 5.74) is 0.877. The van der Waals surface area contributed by atoms with Crippen LogP contribution >= 0.6 is 23.2 Å². The fourth-order valence-electron chi connectivity index (χ4n) is 2.59. The smallest absolute Gasteiger partial charge is 0.246 e. The molecular formula is C16H20Cl2N2O. The fraction of sp³-hybridized carbons (Fsp3) is 0.438. The number of amides is 1. The predicted octanol–water partition coefficient (Wildman–Crippen LogP) is 3.42. The molecular weight excluding hydrogens is 307 g/mol. The lowest BCUT2D eigenvalue weighted by Gasteiger charge is -2.17. The first-order valence-electron chi connectivity index (χ1n) is 7.02. The number of nitrogens with zero attached hydrogens (tertiary/aromatic N) is 2. The summed E-state index contributed by atoms with van der Waals surface area (Å²) in [6.45, 7) is 2.70. The van der Waals surface area contributed by atoms with E-state index in [1.54, 1.807) is 24.3 Å². The van der Waals surface area contributed by atoms with Gasteiger partial charge >= 0.3 is 0 Å². The van der Waals surface area contributed by atoms with Crippen LogP contribution in [-0.4, -0.2) is 49.4 Å². The quantitative estimate of drug-likeness (QED) is 0.791. The monoisotopic (exact) mass is 326 g/mol. The maximum atomic E-state index is 12.2. The molecule has 5 heteroatoms. The van der Waals surface area contributed by atoms with Crippen LogP contribution in [0.5, 0.6) is 0 Å². The molecule has 0 bridgehead atoms. The van der Waals surface area contributed by atoms with Gasteiger partial charge in [0.2, 0.25) is 5.91 Å². The van der Waals surface area contributed by atoms with Crippen LogP contribution in [0, 0.1) is 5.92 Å². The van der Waals surface area contributed by atoms with Crippen LogP contribution in [0.25, 0.3) is 6.08 Å². The van der Waals surface area contributed by atoms with E-state index in [0.29, 0.717) is 16.0 Å². The minimum atomic E-state index is 0.0577. The third kappa shape index (κ3) is 4.73. The Labute approximate surface area is 136 Å². The van der Waals surface area contributed by atoms with Crippen LogP contribution in [0.15, 0.2) is 24.3 Å². The number of halogens is 2. The second kappa shape index (κ2) is 7.30. The third-order valence-corrected chi connectivity index (χ3v) is 4.32. The van der Waals surface area contributed by atoms with E-state index in [1.807, 2.05) is 11.0 Å². The van der Waals surface area contributed by atoms with Gasteiger partial charge in [0.05, 0.1) is 10.0 Å². The Balaban J connectivity index is 1.92. The summed E-state index contributed by atoms with van der Waals surface area (Å²) in [5.74, 6) is 0.629. The molecule has 0 unspecified atom stereocenters. The molecule has 1 atom stereocenters. The molecule has 0 spiro atoms. The van der Waals surface area contributed by atoms with Crippen molar-refractivity contribution in [2.24, 2.45) is 5.92 Å². The van der Waals surface area contributed by atoms with Gasteiger partial charge < -0.3 is 9.80 Å². The minimum Gasteiger partial charge on any atom is -0.339 e. The normalized spacial score (nSPS) is 18.9. The van der Waals surface area contributed by atoms with E-state index in [-0.39, 0.29) is 5.91 Å². The van der Waals surface area contributed by atoms with Gasteiger partial charge in [0.1, 0.15) is 0 Å². The Morgan fingerprint density at radius 2 is 2.14 bits per heavy atom. The van der Waals surface area contributed by atoms with Gasteiger partial charge in [-0.2, -0.15) is 0 Å². The van der Waals surface area contributed by atoms with Crippen molar-refractivity contribution in [3.05, 3.63) is 39.9 Å². The van der Waals surface area contributed by atoms with Gasteiger partial charge in [-0.3, -0.25) is 4.79 Å². The average molecular weight is 327 g/mol. The van der Waals surface area contributed by atoms with Crippen molar-refractivity contribution < 1.29 is 4.79 Å². The second-order valence-electron chi connectivity index (χ2n) is 5.71. The summed E-state index contributed by atoms with van der Waals surface area (Å²) in [4.78, 5) is 16.2. The number of carbonyl (C=O) groups excluding carboxylic acids is 1. The largest absolute Gasteiger partial charge is 0.339 e. The maximum Gasteiger partial charge on any atom is 0.246 e. The zero-order valence-electron chi connectivity index (χ0n) is 12.4. The highest BCUT2D eigenvalue weighted by Gasteiger charge is 2.25. The number of hydrogen-bond acceptors (Lipinski definition) is 2. The minimum absolute atomic E-state index is 0.0577. The number of rotatable bonds is 4. The van der Waals surface area contributed by atoms with E-state index in [4.69, 9.17) is 23.2 Å². The summed E-state index contributed by atoms with van der Waals surface area (Å²) < 4.78 is 0. The topological polar surface area (TPSA) is 23.6 Å². The van der Waals surface area contributed by atoms with Gasteiger partial charge in [-0.25, -0.2) is 0 Å². The Morgan fingerprint density at radius 3 is 2.81 bits per heavy atom. The maximum absolute atomic E-state index is 12.2. The Hall–Kier alpha value is -1.03. The molecule has 2 rings (SSSR count). The second-order valence-corrected chi connectivity index (χ2v) is 6.52. The van der Waals surface area contributed by atoms with E-state index in [9.17, 15) is 4.79 Å². The molecule has 1 aromatic rings. The lowest BCUT2D eigenvalue weighted by Crippen LogP contribution is -2.29. The SMILES string of the molecule is CN(C)C[C@@H]1CCN(C(=O)/C=C/c2ccc(Cl)c(Cl)c2)C1.